The van der Waals surface area contributed by atoms with Gasteiger partial charge in [0.15, 0.2) is 0 Å². The highest BCUT2D eigenvalue weighted by Crippen LogP contribution is 2.33. The third kappa shape index (κ3) is 2.79. The lowest BCUT2D eigenvalue weighted by atomic mass is 9.94. The SMILES string of the molecule is O=S(=O)(NC1CCC1)c1cnc2cc(Br)cc(F)c2c1Cl. The summed E-state index contributed by atoms with van der Waals surface area (Å²) in [7, 11) is -3.79. The van der Waals surface area contributed by atoms with Crippen molar-refractivity contribution in [3.8, 4) is 0 Å². The highest BCUT2D eigenvalue weighted by Gasteiger charge is 2.28. The average molecular weight is 394 g/mol. The van der Waals surface area contributed by atoms with Crippen molar-refractivity contribution in [3.63, 3.8) is 0 Å². The lowest BCUT2D eigenvalue weighted by molar-refractivity contribution is 0.383. The van der Waals surface area contributed by atoms with E-state index in [2.05, 4.69) is 25.6 Å². The fourth-order valence-corrected chi connectivity index (χ4v) is 4.47. The zero-order valence-corrected chi connectivity index (χ0v) is 13.9. The molecule has 1 aliphatic rings. The van der Waals surface area contributed by atoms with Gasteiger partial charge in [-0.2, -0.15) is 0 Å². The van der Waals surface area contributed by atoms with E-state index < -0.39 is 15.8 Å². The lowest BCUT2D eigenvalue weighted by Gasteiger charge is -2.26. The Labute approximate surface area is 134 Å². The average Bonchev–Trinajstić information content (AvgIpc) is 2.33. The molecule has 0 aliphatic heterocycles. The van der Waals surface area contributed by atoms with Crippen molar-refractivity contribution in [1.82, 2.24) is 9.71 Å². The number of pyridine rings is 1. The van der Waals surface area contributed by atoms with Gasteiger partial charge in [0.2, 0.25) is 10.0 Å². The van der Waals surface area contributed by atoms with Crippen LogP contribution in [0.2, 0.25) is 5.02 Å². The van der Waals surface area contributed by atoms with Crippen LogP contribution in [0.5, 0.6) is 0 Å². The van der Waals surface area contributed by atoms with E-state index >= 15 is 0 Å². The summed E-state index contributed by atoms with van der Waals surface area (Å²) in [5.41, 5.74) is 0.300. The van der Waals surface area contributed by atoms with E-state index in [1.165, 1.54) is 6.07 Å². The molecule has 3 rings (SSSR count). The Hall–Kier alpha value is -0.760. The van der Waals surface area contributed by atoms with Crippen LogP contribution in [0.25, 0.3) is 10.9 Å². The zero-order chi connectivity index (χ0) is 15.2. The predicted octanol–water partition coefficient (Wildman–Crippen LogP) is 3.62. The quantitative estimate of drug-likeness (QED) is 0.866. The van der Waals surface area contributed by atoms with Gasteiger partial charge in [-0.25, -0.2) is 17.5 Å². The first-order valence-electron chi connectivity index (χ1n) is 6.34. The van der Waals surface area contributed by atoms with Crippen molar-refractivity contribution in [2.45, 2.75) is 30.2 Å². The monoisotopic (exact) mass is 392 g/mol. The first-order valence-corrected chi connectivity index (χ1v) is 8.99. The van der Waals surface area contributed by atoms with Crippen molar-refractivity contribution in [2.75, 3.05) is 0 Å². The van der Waals surface area contributed by atoms with Gasteiger partial charge in [0, 0.05) is 16.7 Å². The Balaban J connectivity index is 2.13. The zero-order valence-electron chi connectivity index (χ0n) is 10.7. The molecule has 1 saturated carbocycles. The molecule has 0 radical (unpaired) electrons. The molecule has 1 aromatic heterocycles. The van der Waals surface area contributed by atoms with Crippen molar-refractivity contribution in [2.24, 2.45) is 0 Å². The lowest BCUT2D eigenvalue weighted by Crippen LogP contribution is -2.39. The van der Waals surface area contributed by atoms with Crippen LogP contribution < -0.4 is 4.72 Å². The Morgan fingerprint density at radius 2 is 2.10 bits per heavy atom. The Morgan fingerprint density at radius 1 is 1.38 bits per heavy atom. The van der Waals surface area contributed by atoms with Gasteiger partial charge in [-0.3, -0.25) is 4.98 Å². The van der Waals surface area contributed by atoms with Gasteiger partial charge in [-0.15, -0.1) is 0 Å². The summed E-state index contributed by atoms with van der Waals surface area (Å²) in [5, 5.41) is -0.131. The first kappa shape index (κ1) is 15.1. The summed E-state index contributed by atoms with van der Waals surface area (Å²) in [6, 6.07) is 2.74. The first-order chi connectivity index (χ1) is 9.88. The number of hydrogen-bond donors (Lipinski definition) is 1. The number of benzene rings is 1. The number of hydrogen-bond acceptors (Lipinski definition) is 3. The van der Waals surface area contributed by atoms with Crippen LogP contribution in [0, 0.1) is 5.82 Å². The topological polar surface area (TPSA) is 59.1 Å². The van der Waals surface area contributed by atoms with Crippen molar-refractivity contribution in [3.05, 3.63) is 33.6 Å². The van der Waals surface area contributed by atoms with E-state index in [0.717, 1.165) is 25.5 Å². The van der Waals surface area contributed by atoms with Crippen molar-refractivity contribution < 1.29 is 12.8 Å². The third-order valence-corrected chi connectivity index (χ3v) is 6.00. The van der Waals surface area contributed by atoms with Gasteiger partial charge < -0.3 is 0 Å². The Kier molecular flexibility index (Phi) is 3.94. The molecule has 112 valence electrons. The van der Waals surface area contributed by atoms with Crippen LogP contribution in [0.4, 0.5) is 4.39 Å². The van der Waals surface area contributed by atoms with Crippen LogP contribution in [0.15, 0.2) is 27.7 Å². The molecule has 1 heterocycles. The summed E-state index contributed by atoms with van der Waals surface area (Å²) in [6.45, 7) is 0. The fourth-order valence-electron chi connectivity index (χ4n) is 2.18. The smallest absolute Gasteiger partial charge is 0.243 e. The van der Waals surface area contributed by atoms with Gasteiger partial charge in [0.25, 0.3) is 0 Å². The number of halogens is 3. The number of rotatable bonds is 3. The van der Waals surface area contributed by atoms with E-state index in [1.54, 1.807) is 6.07 Å². The van der Waals surface area contributed by atoms with E-state index in [4.69, 9.17) is 11.6 Å². The van der Waals surface area contributed by atoms with Gasteiger partial charge in [0.05, 0.1) is 15.9 Å². The van der Waals surface area contributed by atoms with Gasteiger partial charge >= 0.3 is 0 Å². The minimum absolute atomic E-state index is 0.0105. The van der Waals surface area contributed by atoms with Crippen molar-refractivity contribution in [1.29, 1.82) is 0 Å². The molecule has 1 fully saturated rings. The standard InChI is InChI=1S/C13H11BrClFN2O2S/c14-7-4-9(16)12-10(5-7)17-6-11(13(12)15)21(19,20)18-8-2-1-3-8/h4-6,8,18H,1-3H2. The van der Waals surface area contributed by atoms with Gasteiger partial charge in [0.1, 0.15) is 10.7 Å². The molecule has 4 nitrogen and oxygen atoms in total. The molecule has 0 bridgehead atoms. The third-order valence-electron chi connectivity index (χ3n) is 3.51. The second kappa shape index (κ2) is 5.46. The number of sulfonamides is 1. The molecular formula is C13H11BrClFN2O2S. The minimum atomic E-state index is -3.79. The molecule has 0 saturated heterocycles. The number of aromatic nitrogens is 1. The second-order valence-electron chi connectivity index (χ2n) is 4.97. The molecule has 0 atom stereocenters. The molecule has 0 amide bonds. The van der Waals surface area contributed by atoms with Crippen LogP contribution in [-0.2, 0) is 10.0 Å². The van der Waals surface area contributed by atoms with E-state index in [-0.39, 0.29) is 21.3 Å². The molecule has 1 N–H and O–H groups in total. The highest BCUT2D eigenvalue weighted by atomic mass is 79.9. The molecule has 8 heteroatoms. The maximum absolute atomic E-state index is 14.0. The molecule has 1 aliphatic carbocycles. The maximum atomic E-state index is 14.0. The summed E-state index contributed by atoms with van der Waals surface area (Å²) in [6.07, 6.45) is 3.77. The van der Waals surface area contributed by atoms with E-state index in [0.29, 0.717) is 9.99 Å². The Morgan fingerprint density at radius 3 is 2.71 bits per heavy atom. The van der Waals surface area contributed by atoms with Gasteiger partial charge in [-0.1, -0.05) is 34.0 Å². The number of fused-ring (bicyclic) bond motifs is 1. The molecule has 1 aromatic carbocycles. The van der Waals surface area contributed by atoms with Crippen LogP contribution in [-0.4, -0.2) is 19.4 Å². The number of nitrogens with zero attached hydrogens (tertiary/aromatic N) is 1. The van der Waals surface area contributed by atoms with Crippen LogP contribution in [0.1, 0.15) is 19.3 Å². The molecule has 2 aromatic rings. The minimum Gasteiger partial charge on any atom is -0.255 e. The normalized spacial score (nSPS) is 16.1. The van der Waals surface area contributed by atoms with Crippen molar-refractivity contribution >= 4 is 48.5 Å². The predicted molar refractivity (Wildman–Crippen MR) is 82.4 cm³/mol. The number of nitrogens with one attached hydrogen (secondary N) is 1. The molecule has 0 spiro atoms. The van der Waals surface area contributed by atoms with Gasteiger partial charge in [-0.05, 0) is 25.0 Å². The highest BCUT2D eigenvalue weighted by molar-refractivity contribution is 9.10. The Bertz CT molecular complexity index is 825. The summed E-state index contributed by atoms with van der Waals surface area (Å²) < 4.78 is 41.7. The fraction of sp³-hybridized carbons (Fsp3) is 0.308. The molecule has 0 unspecified atom stereocenters. The second-order valence-corrected chi connectivity index (χ2v) is 7.94. The summed E-state index contributed by atoms with van der Waals surface area (Å²) >= 11 is 9.28. The largest absolute Gasteiger partial charge is 0.255 e. The van der Waals surface area contributed by atoms with Crippen LogP contribution >= 0.6 is 27.5 Å². The van der Waals surface area contributed by atoms with E-state index in [1.807, 2.05) is 0 Å². The summed E-state index contributed by atoms with van der Waals surface area (Å²) in [5.74, 6) is -0.613. The summed E-state index contributed by atoms with van der Waals surface area (Å²) in [4.78, 5) is 3.82. The molecule has 21 heavy (non-hydrogen) atoms. The molecular weight excluding hydrogens is 383 g/mol. The van der Waals surface area contributed by atoms with Crippen LogP contribution in [0.3, 0.4) is 0 Å². The van der Waals surface area contributed by atoms with E-state index in [9.17, 15) is 12.8 Å². The maximum Gasteiger partial charge on any atom is 0.243 e.